The van der Waals surface area contributed by atoms with E-state index in [0.29, 0.717) is 5.92 Å². The molecule has 114 valence electrons. The molecule has 0 spiro atoms. The van der Waals surface area contributed by atoms with Gasteiger partial charge in [0.25, 0.3) is 0 Å². The van der Waals surface area contributed by atoms with Gasteiger partial charge in [0, 0.05) is 11.6 Å². The van der Waals surface area contributed by atoms with Gasteiger partial charge in [-0.2, -0.15) is 0 Å². The van der Waals surface area contributed by atoms with Crippen LogP contribution in [0.2, 0.25) is 0 Å². The smallest absolute Gasteiger partial charge is 0.133 e. The van der Waals surface area contributed by atoms with Gasteiger partial charge in [-0.05, 0) is 45.8 Å². The second kappa shape index (κ2) is 6.81. The van der Waals surface area contributed by atoms with Crippen molar-refractivity contribution in [1.29, 1.82) is 0 Å². The van der Waals surface area contributed by atoms with E-state index in [0.717, 1.165) is 28.0 Å². The molecule has 0 aliphatic heterocycles. The summed E-state index contributed by atoms with van der Waals surface area (Å²) < 4.78 is 11.7. The van der Waals surface area contributed by atoms with Crippen molar-refractivity contribution in [2.45, 2.75) is 40.2 Å². The Morgan fingerprint density at radius 2 is 1.70 bits per heavy atom. The van der Waals surface area contributed by atoms with Gasteiger partial charge in [0.1, 0.15) is 11.5 Å². The summed E-state index contributed by atoms with van der Waals surface area (Å²) in [7, 11) is 3.32. The molecule has 2 N–H and O–H groups in total. The fourth-order valence-corrected chi connectivity index (χ4v) is 2.52. The summed E-state index contributed by atoms with van der Waals surface area (Å²) in [6.07, 6.45) is 0.907. The van der Waals surface area contributed by atoms with Gasteiger partial charge in [0.2, 0.25) is 0 Å². The maximum absolute atomic E-state index is 6.39. The van der Waals surface area contributed by atoms with Crippen LogP contribution >= 0.6 is 15.9 Å². The molecule has 2 unspecified atom stereocenters. The first-order chi connectivity index (χ1) is 9.20. The van der Waals surface area contributed by atoms with Crippen LogP contribution in [0.3, 0.4) is 0 Å². The minimum absolute atomic E-state index is 0.0684. The largest absolute Gasteiger partial charge is 0.496 e. The molecular weight excluding hydrogens is 318 g/mol. The van der Waals surface area contributed by atoms with E-state index in [9.17, 15) is 0 Å². The SMILES string of the molecule is COc1cc(C(N)CC(C)C(C)(C)C)c(OC)cc1Br. The van der Waals surface area contributed by atoms with Gasteiger partial charge in [0.15, 0.2) is 0 Å². The monoisotopic (exact) mass is 343 g/mol. The predicted molar refractivity (Wildman–Crippen MR) is 87.4 cm³/mol. The molecule has 0 aromatic heterocycles. The molecule has 1 aromatic rings. The van der Waals surface area contributed by atoms with E-state index < -0.39 is 0 Å². The van der Waals surface area contributed by atoms with E-state index in [1.807, 2.05) is 12.1 Å². The number of hydrogen-bond donors (Lipinski definition) is 1. The molecule has 0 aliphatic rings. The first kappa shape index (κ1) is 17.3. The third-order valence-corrected chi connectivity index (χ3v) is 4.61. The molecule has 3 nitrogen and oxygen atoms in total. The van der Waals surface area contributed by atoms with Crippen molar-refractivity contribution < 1.29 is 9.47 Å². The van der Waals surface area contributed by atoms with Crippen LogP contribution in [-0.4, -0.2) is 14.2 Å². The van der Waals surface area contributed by atoms with E-state index in [1.54, 1.807) is 14.2 Å². The highest BCUT2D eigenvalue weighted by atomic mass is 79.9. The summed E-state index contributed by atoms with van der Waals surface area (Å²) in [6.45, 7) is 8.96. The number of rotatable bonds is 5. The maximum atomic E-state index is 6.39. The number of benzene rings is 1. The highest BCUT2D eigenvalue weighted by Gasteiger charge is 2.24. The first-order valence-electron chi connectivity index (χ1n) is 6.87. The molecule has 0 amide bonds. The number of nitrogens with two attached hydrogens (primary N) is 1. The molecule has 1 aromatic carbocycles. The Kier molecular flexibility index (Phi) is 5.90. The highest BCUT2D eigenvalue weighted by Crippen LogP contribution is 2.39. The molecule has 4 heteroatoms. The van der Waals surface area contributed by atoms with Crippen LogP contribution in [-0.2, 0) is 0 Å². The molecule has 0 radical (unpaired) electrons. The minimum Gasteiger partial charge on any atom is -0.496 e. The number of ether oxygens (including phenoxy) is 2. The Hall–Kier alpha value is -0.740. The van der Waals surface area contributed by atoms with Crippen LogP contribution in [0.5, 0.6) is 11.5 Å². The van der Waals surface area contributed by atoms with E-state index >= 15 is 0 Å². The van der Waals surface area contributed by atoms with Gasteiger partial charge in [-0.25, -0.2) is 0 Å². The zero-order valence-electron chi connectivity index (χ0n) is 13.3. The molecule has 0 aliphatic carbocycles. The van der Waals surface area contributed by atoms with Gasteiger partial charge in [-0.1, -0.05) is 27.7 Å². The first-order valence-corrected chi connectivity index (χ1v) is 7.67. The van der Waals surface area contributed by atoms with Crippen molar-refractivity contribution >= 4 is 15.9 Å². The third-order valence-electron chi connectivity index (χ3n) is 3.99. The summed E-state index contributed by atoms with van der Waals surface area (Å²) in [4.78, 5) is 0. The van der Waals surface area contributed by atoms with Gasteiger partial charge in [0.05, 0.1) is 18.7 Å². The second-order valence-electron chi connectivity index (χ2n) is 6.34. The molecule has 0 saturated heterocycles. The van der Waals surface area contributed by atoms with Crippen LogP contribution < -0.4 is 15.2 Å². The van der Waals surface area contributed by atoms with Gasteiger partial charge < -0.3 is 15.2 Å². The molecule has 20 heavy (non-hydrogen) atoms. The van der Waals surface area contributed by atoms with Crippen molar-refractivity contribution in [1.82, 2.24) is 0 Å². The molecule has 0 fully saturated rings. The summed E-state index contributed by atoms with van der Waals surface area (Å²) in [6, 6.07) is 3.81. The van der Waals surface area contributed by atoms with Crippen molar-refractivity contribution in [2.24, 2.45) is 17.1 Å². The average Bonchev–Trinajstić information content (AvgIpc) is 2.36. The molecule has 0 bridgehead atoms. The quantitative estimate of drug-likeness (QED) is 0.853. The lowest BCUT2D eigenvalue weighted by Gasteiger charge is -2.30. The number of halogens is 1. The fraction of sp³-hybridized carbons (Fsp3) is 0.625. The van der Waals surface area contributed by atoms with E-state index in [-0.39, 0.29) is 11.5 Å². The fourth-order valence-electron chi connectivity index (χ4n) is 2.04. The Balaban J connectivity index is 3.05. The third kappa shape index (κ3) is 4.13. The Morgan fingerprint density at radius 1 is 1.15 bits per heavy atom. The summed E-state index contributed by atoms with van der Waals surface area (Å²) in [5, 5.41) is 0. The number of hydrogen-bond acceptors (Lipinski definition) is 3. The zero-order chi connectivity index (χ0) is 15.5. The topological polar surface area (TPSA) is 44.5 Å². The lowest BCUT2D eigenvalue weighted by Crippen LogP contribution is -2.23. The Labute approximate surface area is 131 Å². The van der Waals surface area contributed by atoms with Crippen LogP contribution in [0.4, 0.5) is 0 Å². The second-order valence-corrected chi connectivity index (χ2v) is 7.19. The molecule has 0 saturated carbocycles. The van der Waals surface area contributed by atoms with Crippen molar-refractivity contribution in [3.63, 3.8) is 0 Å². The molecular formula is C16H26BrNO2. The maximum Gasteiger partial charge on any atom is 0.133 e. The van der Waals surface area contributed by atoms with Gasteiger partial charge >= 0.3 is 0 Å². The van der Waals surface area contributed by atoms with E-state index in [2.05, 4.69) is 43.6 Å². The van der Waals surface area contributed by atoms with E-state index in [4.69, 9.17) is 15.2 Å². The van der Waals surface area contributed by atoms with Crippen LogP contribution in [0.1, 0.15) is 45.7 Å². The summed E-state index contributed by atoms with van der Waals surface area (Å²) in [5.74, 6) is 2.09. The van der Waals surface area contributed by atoms with E-state index in [1.165, 1.54) is 0 Å². The lowest BCUT2D eigenvalue weighted by atomic mass is 9.77. The highest BCUT2D eigenvalue weighted by molar-refractivity contribution is 9.10. The van der Waals surface area contributed by atoms with Crippen molar-refractivity contribution in [3.05, 3.63) is 22.2 Å². The van der Waals surface area contributed by atoms with Crippen LogP contribution in [0, 0.1) is 11.3 Å². The summed E-state index contributed by atoms with van der Waals surface area (Å²) >= 11 is 3.47. The van der Waals surface area contributed by atoms with Crippen molar-refractivity contribution in [3.8, 4) is 11.5 Å². The van der Waals surface area contributed by atoms with Crippen LogP contribution in [0.25, 0.3) is 0 Å². The standard InChI is InChI=1S/C16H26BrNO2/c1-10(16(2,3)4)7-13(18)11-8-15(20-6)12(17)9-14(11)19-5/h8-10,13H,7,18H2,1-6H3. The Bertz CT molecular complexity index is 455. The lowest BCUT2D eigenvalue weighted by molar-refractivity contribution is 0.232. The number of methoxy groups -OCH3 is 2. The predicted octanol–water partition coefficient (Wildman–Crippen LogP) is 4.54. The summed E-state index contributed by atoms with van der Waals surface area (Å²) in [5.41, 5.74) is 7.62. The van der Waals surface area contributed by atoms with Gasteiger partial charge in [-0.15, -0.1) is 0 Å². The molecule has 0 heterocycles. The van der Waals surface area contributed by atoms with Gasteiger partial charge in [-0.3, -0.25) is 0 Å². The Morgan fingerprint density at radius 3 is 2.15 bits per heavy atom. The molecule has 2 atom stereocenters. The van der Waals surface area contributed by atoms with Crippen LogP contribution in [0.15, 0.2) is 16.6 Å². The van der Waals surface area contributed by atoms with Crippen molar-refractivity contribution in [2.75, 3.05) is 14.2 Å². The molecule has 1 rings (SSSR count). The minimum atomic E-state index is -0.0684. The zero-order valence-corrected chi connectivity index (χ0v) is 14.9. The average molecular weight is 344 g/mol. The normalized spacial score (nSPS) is 14.8.